The molecule has 2 aromatic rings. The van der Waals surface area contributed by atoms with Crippen molar-refractivity contribution in [1.82, 2.24) is 9.97 Å². The molecule has 100 valence electrons. The molecule has 0 aliphatic carbocycles. The van der Waals surface area contributed by atoms with Crippen LogP contribution in [0.3, 0.4) is 0 Å². The Morgan fingerprint density at radius 3 is 2.84 bits per heavy atom. The summed E-state index contributed by atoms with van der Waals surface area (Å²) in [5.41, 5.74) is 0.692. The van der Waals surface area contributed by atoms with E-state index in [0.717, 1.165) is 0 Å². The quantitative estimate of drug-likeness (QED) is 0.700. The van der Waals surface area contributed by atoms with Crippen molar-refractivity contribution < 1.29 is 24.7 Å². The van der Waals surface area contributed by atoms with Crippen LogP contribution < -0.4 is 10.4 Å². The topological polar surface area (TPSA) is 109 Å². The van der Waals surface area contributed by atoms with E-state index in [1.165, 1.54) is 30.1 Å². The molecular formula is C11H11N3O4S. The smallest absolute Gasteiger partial charge is 0.348 e. The molecule has 0 saturated carbocycles. The number of hydrogen-bond donors (Lipinski definition) is 1. The summed E-state index contributed by atoms with van der Waals surface area (Å²) in [6.45, 7) is 1.51. The number of aryl methyl sites for hydroxylation is 1. The fourth-order valence-corrected chi connectivity index (χ4v) is 2.80. The summed E-state index contributed by atoms with van der Waals surface area (Å²) in [4.78, 5) is 31.3. The molecule has 0 spiro atoms. The number of thiophene rings is 1. The number of quaternary nitrogens is 1. The maximum Gasteiger partial charge on any atom is 0.348 e. The lowest BCUT2D eigenvalue weighted by Crippen LogP contribution is -2.81. The molecule has 0 aromatic carbocycles. The minimum atomic E-state index is -1.19. The Morgan fingerprint density at radius 1 is 1.47 bits per heavy atom. The van der Waals surface area contributed by atoms with E-state index in [9.17, 15) is 14.7 Å². The Labute approximate surface area is 112 Å². The number of nitrogens with two attached hydrogens (primary N) is 1. The summed E-state index contributed by atoms with van der Waals surface area (Å²) in [5, 5.41) is 12.6. The molecule has 0 amide bonds. The van der Waals surface area contributed by atoms with E-state index in [2.05, 4.69) is 9.97 Å². The predicted octanol–water partition coefficient (Wildman–Crippen LogP) is -1.27. The van der Waals surface area contributed by atoms with E-state index in [1.54, 1.807) is 6.92 Å². The van der Waals surface area contributed by atoms with Crippen molar-refractivity contribution in [3.05, 3.63) is 16.8 Å². The number of aromatic nitrogens is 2. The number of esters is 1. The van der Waals surface area contributed by atoms with Crippen molar-refractivity contribution in [3.8, 4) is 0 Å². The van der Waals surface area contributed by atoms with E-state index in [4.69, 9.17) is 4.74 Å². The maximum atomic E-state index is 11.6. The molecule has 2 aromatic heterocycles. The van der Waals surface area contributed by atoms with Gasteiger partial charge in [-0.2, -0.15) is 4.98 Å². The first-order valence-corrected chi connectivity index (χ1v) is 6.21. The van der Waals surface area contributed by atoms with Crippen molar-refractivity contribution in [2.75, 3.05) is 13.7 Å². The molecule has 2 N–H and O–H groups in total. The number of aliphatic carboxylic acids is 1. The molecular weight excluding hydrogens is 270 g/mol. The van der Waals surface area contributed by atoms with Crippen LogP contribution in [0.4, 0.5) is 5.82 Å². The molecule has 7 nitrogen and oxygen atoms in total. The highest BCUT2D eigenvalue weighted by atomic mass is 32.1. The van der Waals surface area contributed by atoms with Crippen LogP contribution in [0.5, 0.6) is 0 Å². The molecule has 0 saturated heterocycles. The second-order valence-corrected chi connectivity index (χ2v) is 4.77. The fourth-order valence-electron chi connectivity index (χ4n) is 1.72. The highest BCUT2D eigenvalue weighted by molar-refractivity contribution is 7.20. The summed E-state index contributed by atoms with van der Waals surface area (Å²) in [7, 11) is 1.31. The van der Waals surface area contributed by atoms with E-state index < -0.39 is 11.9 Å². The number of carbonyl (C=O) groups is 2. The highest BCUT2D eigenvalue weighted by Crippen LogP contribution is 2.31. The zero-order valence-corrected chi connectivity index (χ0v) is 11.1. The third-order valence-corrected chi connectivity index (χ3v) is 3.77. The largest absolute Gasteiger partial charge is 0.544 e. The number of rotatable bonds is 4. The number of carboxylic acid groups (broad SMARTS) is 1. The average Bonchev–Trinajstić information content (AvgIpc) is 2.73. The summed E-state index contributed by atoms with van der Waals surface area (Å²) >= 11 is 1.20. The number of carbonyl (C=O) groups excluding carboxylic acids is 2. The lowest BCUT2D eigenvalue weighted by molar-refractivity contribution is -0.571. The Morgan fingerprint density at radius 2 is 2.21 bits per heavy atom. The molecule has 0 radical (unpaired) electrons. The van der Waals surface area contributed by atoms with Crippen molar-refractivity contribution in [2.45, 2.75) is 6.92 Å². The van der Waals surface area contributed by atoms with Crippen LogP contribution in [-0.4, -0.2) is 35.6 Å². The molecule has 8 heteroatoms. The Balaban J connectivity index is 2.51. The van der Waals surface area contributed by atoms with Gasteiger partial charge in [-0.15, -0.1) is 11.3 Å². The van der Waals surface area contributed by atoms with Crippen LogP contribution in [0.25, 0.3) is 10.2 Å². The van der Waals surface area contributed by atoms with Crippen LogP contribution in [0.15, 0.2) is 6.33 Å². The van der Waals surface area contributed by atoms with Gasteiger partial charge >= 0.3 is 5.97 Å². The van der Waals surface area contributed by atoms with Gasteiger partial charge in [0, 0.05) is 0 Å². The van der Waals surface area contributed by atoms with Crippen molar-refractivity contribution >= 4 is 39.3 Å². The Kier molecular flexibility index (Phi) is 3.72. The summed E-state index contributed by atoms with van der Waals surface area (Å²) in [6.07, 6.45) is 1.33. The van der Waals surface area contributed by atoms with Crippen LogP contribution in [0, 0.1) is 6.92 Å². The van der Waals surface area contributed by atoms with Gasteiger partial charge in [0.1, 0.15) is 22.6 Å². The fraction of sp³-hybridized carbons (Fsp3) is 0.273. The second-order valence-electron chi connectivity index (χ2n) is 3.77. The predicted molar refractivity (Wildman–Crippen MR) is 65.0 cm³/mol. The third kappa shape index (κ3) is 2.54. The normalized spacial score (nSPS) is 10.6. The SMILES string of the molecule is COC(=O)c1sc2ncnc([NH2+]CC(=O)[O-])c2c1C. The van der Waals surface area contributed by atoms with E-state index in [1.807, 2.05) is 0 Å². The Hall–Kier alpha value is -2.06. The minimum absolute atomic E-state index is 0.241. The van der Waals surface area contributed by atoms with Gasteiger partial charge in [0.25, 0.3) is 0 Å². The van der Waals surface area contributed by atoms with Crippen LogP contribution in [0.2, 0.25) is 0 Å². The third-order valence-electron chi connectivity index (χ3n) is 2.59. The number of nitrogens with zero attached hydrogens (tertiary/aromatic N) is 2. The summed E-state index contributed by atoms with van der Waals surface area (Å²) in [5.74, 6) is -1.14. The van der Waals surface area contributed by atoms with Crippen LogP contribution in [0.1, 0.15) is 15.2 Å². The molecule has 2 heterocycles. The molecule has 0 fully saturated rings. The van der Waals surface area contributed by atoms with Crippen molar-refractivity contribution in [2.24, 2.45) is 0 Å². The molecule has 19 heavy (non-hydrogen) atoms. The lowest BCUT2D eigenvalue weighted by atomic mass is 10.2. The van der Waals surface area contributed by atoms with Crippen molar-refractivity contribution in [1.29, 1.82) is 0 Å². The summed E-state index contributed by atoms with van der Waals surface area (Å²) < 4.78 is 4.69. The maximum absolute atomic E-state index is 11.6. The van der Waals surface area contributed by atoms with E-state index >= 15 is 0 Å². The molecule has 0 aliphatic rings. The summed E-state index contributed by atoms with van der Waals surface area (Å²) in [6, 6.07) is 0. The number of hydrogen-bond acceptors (Lipinski definition) is 7. The standard InChI is InChI=1S/C11H11N3O4S/c1-5-7-9(12-3-6(15)16)13-4-14-10(7)19-8(5)11(17)18-2/h4H,3H2,1-2H3,(H,15,16)(H,12,13,14). The van der Waals surface area contributed by atoms with Gasteiger partial charge in [0.05, 0.1) is 18.5 Å². The van der Waals surface area contributed by atoms with Crippen LogP contribution >= 0.6 is 11.3 Å². The van der Waals surface area contributed by atoms with Gasteiger partial charge in [0.15, 0.2) is 0 Å². The molecule has 2 rings (SSSR count). The average molecular weight is 281 g/mol. The van der Waals surface area contributed by atoms with E-state index in [0.29, 0.717) is 26.5 Å². The first-order chi connectivity index (χ1) is 9.04. The Bertz CT molecular complexity index is 653. The highest BCUT2D eigenvalue weighted by Gasteiger charge is 2.21. The first-order valence-electron chi connectivity index (χ1n) is 5.40. The molecule has 0 bridgehead atoms. The van der Waals surface area contributed by atoms with Gasteiger partial charge in [-0.25, -0.2) is 9.78 Å². The minimum Gasteiger partial charge on any atom is -0.544 e. The number of fused-ring (bicyclic) bond motifs is 1. The van der Waals surface area contributed by atoms with Gasteiger partial charge < -0.3 is 14.6 Å². The second kappa shape index (κ2) is 5.29. The monoisotopic (exact) mass is 281 g/mol. The molecule has 0 atom stereocenters. The van der Waals surface area contributed by atoms with Crippen molar-refractivity contribution in [3.63, 3.8) is 0 Å². The van der Waals surface area contributed by atoms with Gasteiger partial charge in [-0.3, -0.25) is 5.32 Å². The molecule has 0 aliphatic heterocycles. The van der Waals surface area contributed by atoms with Gasteiger partial charge in [-0.1, -0.05) is 0 Å². The zero-order chi connectivity index (χ0) is 14.0. The first kappa shape index (κ1) is 13.4. The molecule has 0 unspecified atom stereocenters. The number of carboxylic acids is 1. The lowest BCUT2D eigenvalue weighted by Gasteiger charge is -2.02. The number of methoxy groups -OCH3 is 1. The van der Waals surface area contributed by atoms with Crippen LogP contribution in [-0.2, 0) is 9.53 Å². The number of ether oxygens (including phenoxy) is 1. The van der Waals surface area contributed by atoms with Gasteiger partial charge in [-0.05, 0) is 12.5 Å². The zero-order valence-electron chi connectivity index (χ0n) is 10.3. The van der Waals surface area contributed by atoms with E-state index in [-0.39, 0.29) is 6.54 Å². The van der Waals surface area contributed by atoms with Gasteiger partial charge in [0.2, 0.25) is 5.82 Å².